The molecule has 0 aromatic carbocycles. The van der Waals surface area contributed by atoms with Gasteiger partial charge >= 0.3 is 5.97 Å². The molecular weight excluding hydrogens is 256 g/mol. The molecule has 7 heteroatoms. The Morgan fingerprint density at radius 1 is 1.39 bits per heavy atom. The molecule has 0 rings (SSSR count). The molecule has 6 nitrogen and oxygen atoms in total. The van der Waals surface area contributed by atoms with Gasteiger partial charge in [0.15, 0.2) is 0 Å². The number of carbonyl (C=O) groups is 1. The van der Waals surface area contributed by atoms with Crippen LogP contribution in [0.4, 0.5) is 0 Å². The summed E-state index contributed by atoms with van der Waals surface area (Å²) < 4.78 is 30.5. The van der Waals surface area contributed by atoms with Gasteiger partial charge in [0.2, 0.25) is 10.0 Å². The predicted molar refractivity (Wildman–Crippen MR) is 70.5 cm³/mol. The second-order valence-electron chi connectivity index (χ2n) is 4.68. The van der Waals surface area contributed by atoms with Crippen LogP contribution in [0, 0.1) is 5.92 Å². The number of esters is 1. The molecular formula is C11H24N2O4S. The highest BCUT2D eigenvalue weighted by molar-refractivity contribution is 7.89. The smallest absolute Gasteiger partial charge is 0.305 e. The second kappa shape index (κ2) is 8.44. The second-order valence-corrected chi connectivity index (χ2v) is 6.55. The van der Waals surface area contributed by atoms with Gasteiger partial charge in [-0.2, -0.15) is 0 Å². The van der Waals surface area contributed by atoms with E-state index in [0.717, 1.165) is 0 Å². The predicted octanol–water partition coefficient (Wildman–Crippen LogP) is 0.232. The molecule has 0 saturated heterocycles. The van der Waals surface area contributed by atoms with E-state index in [4.69, 9.17) is 5.73 Å². The molecule has 108 valence electrons. The van der Waals surface area contributed by atoms with E-state index in [-0.39, 0.29) is 31.2 Å². The number of methoxy groups -OCH3 is 1. The van der Waals surface area contributed by atoms with E-state index in [0.29, 0.717) is 12.3 Å². The summed E-state index contributed by atoms with van der Waals surface area (Å²) in [5, 5.41) is 0. The van der Waals surface area contributed by atoms with E-state index in [1.54, 1.807) is 0 Å². The zero-order chi connectivity index (χ0) is 14.2. The molecule has 0 fully saturated rings. The average Bonchev–Trinajstić information content (AvgIpc) is 2.26. The Bertz CT molecular complexity index is 341. The Kier molecular flexibility index (Phi) is 8.13. The van der Waals surface area contributed by atoms with Crippen molar-refractivity contribution in [3.8, 4) is 0 Å². The topological polar surface area (TPSA) is 98.5 Å². The summed E-state index contributed by atoms with van der Waals surface area (Å²) in [5.74, 6) is -0.115. The van der Waals surface area contributed by atoms with E-state index in [1.165, 1.54) is 7.11 Å². The summed E-state index contributed by atoms with van der Waals surface area (Å²) in [6.07, 6.45) is 1.06. The monoisotopic (exact) mass is 280 g/mol. The molecule has 0 radical (unpaired) electrons. The number of nitrogens with two attached hydrogens (primary N) is 1. The molecule has 0 bridgehead atoms. The molecule has 1 atom stereocenters. The maximum Gasteiger partial charge on any atom is 0.305 e. The van der Waals surface area contributed by atoms with Crippen molar-refractivity contribution >= 4 is 16.0 Å². The molecule has 0 aromatic heterocycles. The lowest BCUT2D eigenvalue weighted by Crippen LogP contribution is -2.42. The van der Waals surface area contributed by atoms with Crippen molar-refractivity contribution in [3.05, 3.63) is 0 Å². The molecule has 1 unspecified atom stereocenters. The number of hydrogen-bond acceptors (Lipinski definition) is 5. The largest absolute Gasteiger partial charge is 0.469 e. The lowest BCUT2D eigenvalue weighted by atomic mass is 10.1. The van der Waals surface area contributed by atoms with Crippen molar-refractivity contribution in [2.75, 3.05) is 19.4 Å². The van der Waals surface area contributed by atoms with Gasteiger partial charge in [-0.3, -0.25) is 4.79 Å². The summed E-state index contributed by atoms with van der Waals surface area (Å²) >= 11 is 0. The number of hydrogen-bond donors (Lipinski definition) is 2. The Hall–Kier alpha value is -0.660. The Labute approximate surface area is 109 Å². The molecule has 0 aromatic rings. The molecule has 0 amide bonds. The van der Waals surface area contributed by atoms with Crippen LogP contribution in [0.2, 0.25) is 0 Å². The maximum atomic E-state index is 11.7. The van der Waals surface area contributed by atoms with Gasteiger partial charge in [-0.1, -0.05) is 13.8 Å². The highest BCUT2D eigenvalue weighted by Crippen LogP contribution is 2.06. The summed E-state index contributed by atoms with van der Waals surface area (Å²) in [6, 6.07) is -0.242. The first-order valence-electron chi connectivity index (χ1n) is 6.07. The van der Waals surface area contributed by atoms with Crippen LogP contribution in [-0.2, 0) is 19.6 Å². The molecule has 0 heterocycles. The van der Waals surface area contributed by atoms with Gasteiger partial charge in [-0.25, -0.2) is 13.1 Å². The van der Waals surface area contributed by atoms with Crippen molar-refractivity contribution in [1.82, 2.24) is 4.72 Å². The van der Waals surface area contributed by atoms with Crippen LogP contribution >= 0.6 is 0 Å². The van der Waals surface area contributed by atoms with Gasteiger partial charge in [0, 0.05) is 19.0 Å². The third kappa shape index (κ3) is 8.43. The third-order valence-electron chi connectivity index (χ3n) is 2.41. The number of sulfonamides is 1. The summed E-state index contributed by atoms with van der Waals surface area (Å²) in [7, 11) is -2.10. The number of nitrogens with one attached hydrogen (secondary N) is 1. The lowest BCUT2D eigenvalue weighted by molar-refractivity contribution is -0.140. The molecule has 0 aliphatic carbocycles. The van der Waals surface area contributed by atoms with E-state index < -0.39 is 16.0 Å². The Morgan fingerprint density at radius 2 is 2.00 bits per heavy atom. The van der Waals surface area contributed by atoms with Crippen LogP contribution in [0.15, 0.2) is 0 Å². The van der Waals surface area contributed by atoms with E-state index in [2.05, 4.69) is 9.46 Å². The van der Waals surface area contributed by atoms with Crippen LogP contribution in [0.1, 0.15) is 33.1 Å². The Balaban J connectivity index is 4.16. The zero-order valence-corrected chi connectivity index (χ0v) is 12.1. The summed E-state index contributed by atoms with van der Waals surface area (Å²) in [6.45, 7) is 4.29. The van der Waals surface area contributed by atoms with Gasteiger partial charge in [-0.05, 0) is 18.8 Å². The fraction of sp³-hybridized carbons (Fsp3) is 0.909. The lowest BCUT2D eigenvalue weighted by Gasteiger charge is -2.18. The van der Waals surface area contributed by atoms with E-state index >= 15 is 0 Å². The van der Waals surface area contributed by atoms with Gasteiger partial charge in [0.25, 0.3) is 0 Å². The normalized spacial score (nSPS) is 13.6. The minimum Gasteiger partial charge on any atom is -0.469 e. The third-order valence-corrected chi connectivity index (χ3v) is 3.93. The molecule has 0 saturated carbocycles. The van der Waals surface area contributed by atoms with Crippen molar-refractivity contribution in [2.24, 2.45) is 11.7 Å². The number of ether oxygens (including phenoxy) is 1. The van der Waals surface area contributed by atoms with Crippen LogP contribution in [0.5, 0.6) is 0 Å². The molecule has 0 aliphatic rings. The highest BCUT2D eigenvalue weighted by atomic mass is 32.2. The highest BCUT2D eigenvalue weighted by Gasteiger charge is 2.18. The van der Waals surface area contributed by atoms with Gasteiger partial charge in [-0.15, -0.1) is 0 Å². The quantitative estimate of drug-likeness (QED) is 0.589. The first-order valence-corrected chi connectivity index (χ1v) is 7.72. The maximum absolute atomic E-state index is 11.7. The standard InChI is InChI=1S/C11H24N2O4S/c1-9(2)7-10(8-12)13-18(15,16)6-4-5-11(14)17-3/h9-10,13H,4-8,12H2,1-3H3. The summed E-state index contributed by atoms with van der Waals surface area (Å²) in [5.41, 5.74) is 5.53. The molecule has 0 aliphatic heterocycles. The van der Waals surface area contributed by atoms with E-state index in [9.17, 15) is 13.2 Å². The fourth-order valence-electron chi connectivity index (χ4n) is 1.58. The SMILES string of the molecule is COC(=O)CCCS(=O)(=O)NC(CN)CC(C)C. The Morgan fingerprint density at radius 3 is 2.44 bits per heavy atom. The molecule has 3 N–H and O–H groups in total. The number of rotatable bonds is 9. The zero-order valence-electron chi connectivity index (χ0n) is 11.3. The minimum absolute atomic E-state index is 0.0866. The fourth-order valence-corrected chi connectivity index (χ4v) is 2.93. The van der Waals surface area contributed by atoms with Crippen LogP contribution in [0.25, 0.3) is 0 Å². The van der Waals surface area contributed by atoms with Crippen molar-refractivity contribution in [2.45, 2.75) is 39.2 Å². The minimum atomic E-state index is -3.38. The van der Waals surface area contributed by atoms with Crippen molar-refractivity contribution in [3.63, 3.8) is 0 Å². The number of carbonyl (C=O) groups excluding carboxylic acids is 1. The van der Waals surface area contributed by atoms with Gasteiger partial charge < -0.3 is 10.5 Å². The molecule has 18 heavy (non-hydrogen) atoms. The first-order chi connectivity index (χ1) is 8.30. The van der Waals surface area contributed by atoms with Crippen LogP contribution in [0.3, 0.4) is 0 Å². The van der Waals surface area contributed by atoms with Crippen LogP contribution < -0.4 is 10.5 Å². The van der Waals surface area contributed by atoms with Gasteiger partial charge in [0.05, 0.1) is 12.9 Å². The first kappa shape index (κ1) is 17.3. The van der Waals surface area contributed by atoms with Crippen molar-refractivity contribution < 1.29 is 17.9 Å². The van der Waals surface area contributed by atoms with Crippen LogP contribution in [-0.4, -0.2) is 39.8 Å². The van der Waals surface area contributed by atoms with Gasteiger partial charge in [0.1, 0.15) is 0 Å². The average molecular weight is 280 g/mol. The van der Waals surface area contributed by atoms with Crippen molar-refractivity contribution in [1.29, 1.82) is 0 Å². The van der Waals surface area contributed by atoms with E-state index in [1.807, 2.05) is 13.8 Å². The summed E-state index contributed by atoms with van der Waals surface area (Å²) in [4.78, 5) is 10.9. The molecule has 0 spiro atoms.